The van der Waals surface area contributed by atoms with Crippen molar-refractivity contribution in [1.82, 2.24) is 10.6 Å². The summed E-state index contributed by atoms with van der Waals surface area (Å²) >= 11 is 0. The summed E-state index contributed by atoms with van der Waals surface area (Å²) in [6, 6.07) is -0.0599. The molecule has 1 saturated heterocycles. The topological polar surface area (TPSA) is 61.4 Å². The summed E-state index contributed by atoms with van der Waals surface area (Å²) in [6.45, 7) is 3.44. The van der Waals surface area contributed by atoms with Gasteiger partial charge in [0.1, 0.15) is 0 Å². The summed E-state index contributed by atoms with van der Waals surface area (Å²) in [4.78, 5) is 11.4. The highest BCUT2D eigenvalue weighted by Gasteiger charge is 2.23. The summed E-state index contributed by atoms with van der Waals surface area (Å²) in [5.41, 5.74) is 0. The highest BCUT2D eigenvalue weighted by molar-refractivity contribution is 5.81. The summed E-state index contributed by atoms with van der Waals surface area (Å²) in [7, 11) is 0. The molecule has 4 heteroatoms. The Labute approximate surface area is 78.7 Å². The van der Waals surface area contributed by atoms with Crippen molar-refractivity contribution in [1.29, 1.82) is 0 Å². The molecule has 1 aliphatic rings. The Balaban J connectivity index is 2.28. The number of piperidine rings is 1. The van der Waals surface area contributed by atoms with Gasteiger partial charge in [-0.3, -0.25) is 4.79 Å². The molecule has 1 amide bonds. The monoisotopic (exact) mass is 186 g/mol. The highest BCUT2D eigenvalue weighted by Crippen LogP contribution is 2.14. The van der Waals surface area contributed by atoms with Gasteiger partial charge in [0, 0.05) is 6.54 Å². The molecule has 4 nitrogen and oxygen atoms in total. The highest BCUT2D eigenvalue weighted by atomic mass is 16.3. The zero-order chi connectivity index (χ0) is 9.68. The average Bonchev–Trinajstić information content (AvgIpc) is 2.14. The van der Waals surface area contributed by atoms with Gasteiger partial charge in [0.15, 0.2) is 0 Å². The number of aliphatic hydroxyl groups is 1. The van der Waals surface area contributed by atoms with Gasteiger partial charge >= 0.3 is 0 Å². The van der Waals surface area contributed by atoms with E-state index in [1.807, 2.05) is 0 Å². The minimum absolute atomic E-state index is 0.00795. The molecule has 1 fully saturated rings. The second-order valence-corrected chi connectivity index (χ2v) is 3.65. The normalized spacial score (nSPS) is 28.5. The van der Waals surface area contributed by atoms with Crippen molar-refractivity contribution >= 4 is 5.91 Å². The summed E-state index contributed by atoms with van der Waals surface area (Å²) in [6.07, 6.45) is 2.04. The maximum atomic E-state index is 11.4. The van der Waals surface area contributed by atoms with Crippen molar-refractivity contribution in [2.24, 2.45) is 5.92 Å². The van der Waals surface area contributed by atoms with Crippen LogP contribution in [0.3, 0.4) is 0 Å². The van der Waals surface area contributed by atoms with Crippen molar-refractivity contribution in [2.45, 2.75) is 25.8 Å². The fourth-order valence-corrected chi connectivity index (χ4v) is 1.61. The Morgan fingerprint density at radius 3 is 3.08 bits per heavy atom. The molecule has 0 bridgehead atoms. The standard InChI is InChI=1S/C9H18N2O2/c1-7-2-3-10-8(6-7)9(13)11-4-5-12/h7-8,10,12H,2-6H2,1H3,(H,11,13). The lowest BCUT2D eigenvalue weighted by molar-refractivity contribution is -0.124. The van der Waals surface area contributed by atoms with E-state index in [0.29, 0.717) is 12.5 Å². The third-order valence-corrected chi connectivity index (χ3v) is 2.39. The van der Waals surface area contributed by atoms with Gasteiger partial charge in [0.25, 0.3) is 0 Å². The molecule has 0 spiro atoms. The van der Waals surface area contributed by atoms with Crippen LogP contribution in [-0.4, -0.2) is 36.8 Å². The van der Waals surface area contributed by atoms with E-state index in [2.05, 4.69) is 17.6 Å². The number of nitrogens with one attached hydrogen (secondary N) is 2. The van der Waals surface area contributed by atoms with Gasteiger partial charge in [-0.2, -0.15) is 0 Å². The Kier molecular flexibility index (Phi) is 4.18. The Morgan fingerprint density at radius 1 is 1.69 bits per heavy atom. The first-order valence-corrected chi connectivity index (χ1v) is 4.86. The van der Waals surface area contributed by atoms with Gasteiger partial charge in [-0.15, -0.1) is 0 Å². The Morgan fingerprint density at radius 2 is 2.46 bits per heavy atom. The van der Waals surface area contributed by atoms with Crippen LogP contribution in [0.2, 0.25) is 0 Å². The number of hydrogen-bond acceptors (Lipinski definition) is 3. The molecular formula is C9H18N2O2. The largest absolute Gasteiger partial charge is 0.395 e. The summed E-state index contributed by atoms with van der Waals surface area (Å²) < 4.78 is 0. The zero-order valence-electron chi connectivity index (χ0n) is 8.05. The maximum Gasteiger partial charge on any atom is 0.237 e. The van der Waals surface area contributed by atoms with Gasteiger partial charge in [0.2, 0.25) is 5.91 Å². The van der Waals surface area contributed by atoms with E-state index in [9.17, 15) is 4.79 Å². The predicted octanol–water partition coefficient (Wildman–Crippen LogP) is -0.517. The van der Waals surface area contributed by atoms with Crippen LogP contribution in [-0.2, 0) is 4.79 Å². The predicted molar refractivity (Wildman–Crippen MR) is 50.3 cm³/mol. The lowest BCUT2D eigenvalue weighted by Crippen LogP contribution is -2.48. The van der Waals surface area contributed by atoms with E-state index in [-0.39, 0.29) is 18.6 Å². The van der Waals surface area contributed by atoms with Crippen molar-refractivity contribution in [3.63, 3.8) is 0 Å². The Hall–Kier alpha value is -0.610. The van der Waals surface area contributed by atoms with E-state index < -0.39 is 0 Å². The van der Waals surface area contributed by atoms with Crippen molar-refractivity contribution in [2.75, 3.05) is 19.7 Å². The van der Waals surface area contributed by atoms with Crippen LogP contribution >= 0.6 is 0 Å². The number of carbonyl (C=O) groups excluding carboxylic acids is 1. The molecule has 1 rings (SSSR count). The SMILES string of the molecule is CC1CCNC(C(=O)NCCO)C1. The molecule has 1 heterocycles. The molecule has 76 valence electrons. The molecule has 3 N–H and O–H groups in total. The molecule has 1 aliphatic heterocycles. The summed E-state index contributed by atoms with van der Waals surface area (Å²) in [5.74, 6) is 0.631. The van der Waals surface area contributed by atoms with Gasteiger partial charge in [-0.05, 0) is 25.3 Å². The summed E-state index contributed by atoms with van der Waals surface area (Å²) in [5, 5.41) is 14.4. The second-order valence-electron chi connectivity index (χ2n) is 3.65. The molecule has 2 atom stereocenters. The minimum Gasteiger partial charge on any atom is -0.395 e. The first kappa shape index (κ1) is 10.5. The first-order valence-electron chi connectivity index (χ1n) is 4.86. The van der Waals surface area contributed by atoms with E-state index in [1.165, 1.54) is 0 Å². The van der Waals surface area contributed by atoms with Gasteiger partial charge in [0.05, 0.1) is 12.6 Å². The van der Waals surface area contributed by atoms with E-state index in [0.717, 1.165) is 19.4 Å². The minimum atomic E-state index is -0.0599. The average molecular weight is 186 g/mol. The molecule has 0 aromatic heterocycles. The lowest BCUT2D eigenvalue weighted by Gasteiger charge is -2.27. The van der Waals surface area contributed by atoms with Gasteiger partial charge in [-0.1, -0.05) is 6.92 Å². The van der Waals surface area contributed by atoms with E-state index >= 15 is 0 Å². The number of aliphatic hydroxyl groups excluding tert-OH is 1. The fourth-order valence-electron chi connectivity index (χ4n) is 1.61. The number of rotatable bonds is 3. The van der Waals surface area contributed by atoms with E-state index in [1.54, 1.807) is 0 Å². The third kappa shape index (κ3) is 3.32. The first-order chi connectivity index (χ1) is 6.24. The molecule has 13 heavy (non-hydrogen) atoms. The van der Waals surface area contributed by atoms with Crippen molar-refractivity contribution < 1.29 is 9.90 Å². The number of amides is 1. The quantitative estimate of drug-likeness (QED) is 0.556. The van der Waals surface area contributed by atoms with Crippen molar-refractivity contribution in [3.8, 4) is 0 Å². The van der Waals surface area contributed by atoms with Crippen LogP contribution in [0.15, 0.2) is 0 Å². The fraction of sp³-hybridized carbons (Fsp3) is 0.889. The van der Waals surface area contributed by atoms with Gasteiger partial charge < -0.3 is 15.7 Å². The Bertz CT molecular complexity index is 173. The molecule has 0 saturated carbocycles. The van der Waals surface area contributed by atoms with Gasteiger partial charge in [-0.25, -0.2) is 0 Å². The molecule has 0 aromatic rings. The van der Waals surface area contributed by atoms with Crippen LogP contribution in [0.25, 0.3) is 0 Å². The third-order valence-electron chi connectivity index (χ3n) is 2.39. The van der Waals surface area contributed by atoms with Crippen LogP contribution in [0.4, 0.5) is 0 Å². The van der Waals surface area contributed by atoms with Crippen LogP contribution in [0.1, 0.15) is 19.8 Å². The molecule has 0 aromatic carbocycles. The smallest absolute Gasteiger partial charge is 0.237 e. The molecular weight excluding hydrogens is 168 g/mol. The maximum absolute atomic E-state index is 11.4. The lowest BCUT2D eigenvalue weighted by atomic mass is 9.94. The van der Waals surface area contributed by atoms with Crippen molar-refractivity contribution in [3.05, 3.63) is 0 Å². The van der Waals surface area contributed by atoms with E-state index in [4.69, 9.17) is 5.11 Å². The molecule has 0 aliphatic carbocycles. The number of hydrogen-bond donors (Lipinski definition) is 3. The molecule has 2 unspecified atom stereocenters. The zero-order valence-corrected chi connectivity index (χ0v) is 8.05. The van der Waals surface area contributed by atoms with Crippen LogP contribution in [0.5, 0.6) is 0 Å². The molecule has 0 radical (unpaired) electrons. The second kappa shape index (κ2) is 5.19. The van der Waals surface area contributed by atoms with Crippen LogP contribution < -0.4 is 10.6 Å². The number of carbonyl (C=O) groups is 1. The van der Waals surface area contributed by atoms with Crippen LogP contribution in [0, 0.1) is 5.92 Å².